The van der Waals surface area contributed by atoms with Crippen LogP contribution in [0.2, 0.25) is 0 Å². The van der Waals surface area contributed by atoms with Crippen LogP contribution in [0.15, 0.2) is 24.3 Å². The summed E-state index contributed by atoms with van der Waals surface area (Å²) in [4.78, 5) is 0. The summed E-state index contributed by atoms with van der Waals surface area (Å²) in [6.45, 7) is 3.13. The van der Waals surface area contributed by atoms with Gasteiger partial charge < -0.3 is 5.11 Å². The van der Waals surface area contributed by atoms with E-state index in [4.69, 9.17) is 0 Å². The first kappa shape index (κ1) is 28.3. The van der Waals surface area contributed by atoms with Gasteiger partial charge >= 0.3 is 35.8 Å². The Hall–Kier alpha value is -1.73. The highest BCUT2D eigenvalue weighted by atomic mass is 19.4. The molecule has 0 fully saturated rings. The predicted octanol–water partition coefficient (Wildman–Crippen LogP) is 7.36. The van der Waals surface area contributed by atoms with Crippen LogP contribution in [0.4, 0.5) is 57.1 Å². The maximum Gasteiger partial charge on any atom is 0.460 e. The lowest BCUT2D eigenvalue weighted by Crippen LogP contribution is -2.70. The molecule has 1 nitrogen and oxygen atoms in total. The highest BCUT2D eigenvalue weighted by molar-refractivity contribution is 5.32. The van der Waals surface area contributed by atoms with Gasteiger partial charge in [0.05, 0.1) is 6.10 Å². The molecule has 0 aromatic heterocycles. The van der Waals surface area contributed by atoms with Gasteiger partial charge in [0.25, 0.3) is 0 Å². The van der Waals surface area contributed by atoms with E-state index in [2.05, 4.69) is 0 Å². The minimum absolute atomic E-state index is 0.113. The number of aliphatic hydroxyl groups excluding tert-OH is 1. The van der Waals surface area contributed by atoms with Crippen molar-refractivity contribution in [1.29, 1.82) is 0 Å². The quantitative estimate of drug-likeness (QED) is 0.354. The number of halogens is 13. The van der Waals surface area contributed by atoms with E-state index in [0.717, 1.165) is 12.1 Å². The summed E-state index contributed by atoms with van der Waals surface area (Å²) in [5.41, 5.74) is -0.352. The topological polar surface area (TPSA) is 20.2 Å². The molecular formula is C18H17F13O. The zero-order valence-corrected chi connectivity index (χ0v) is 16.2. The van der Waals surface area contributed by atoms with Crippen LogP contribution in [-0.2, 0) is 0 Å². The molecule has 2 unspecified atom stereocenters. The third-order valence-electron chi connectivity index (χ3n) is 4.95. The summed E-state index contributed by atoms with van der Waals surface area (Å²) < 4.78 is 171. The van der Waals surface area contributed by atoms with Gasteiger partial charge in [-0.05, 0) is 23.5 Å². The van der Waals surface area contributed by atoms with Crippen LogP contribution in [0, 0.1) is 0 Å². The summed E-state index contributed by atoms with van der Waals surface area (Å²) in [5.74, 6) is -37.8. The van der Waals surface area contributed by atoms with Gasteiger partial charge in [-0.2, -0.15) is 57.1 Å². The number of hydrogen-bond acceptors (Lipinski definition) is 1. The lowest BCUT2D eigenvalue weighted by atomic mass is 9.86. The number of hydrogen-bond donors (Lipinski definition) is 1. The van der Waals surface area contributed by atoms with Crippen molar-refractivity contribution in [3.05, 3.63) is 35.4 Å². The molecule has 0 bridgehead atoms. The molecule has 1 rings (SSSR count). The third kappa shape index (κ3) is 4.38. The first-order chi connectivity index (χ1) is 14.1. The molecular weight excluding hydrogens is 479 g/mol. The Morgan fingerprint density at radius 3 is 1.50 bits per heavy atom. The molecule has 186 valence electrons. The summed E-state index contributed by atoms with van der Waals surface area (Å²) in [6.07, 6.45) is -12.5. The molecule has 0 amide bonds. The normalized spacial score (nSPS) is 16.8. The first-order valence-corrected chi connectivity index (χ1v) is 8.82. The van der Waals surface area contributed by atoms with Crippen LogP contribution in [0.5, 0.6) is 0 Å². The Morgan fingerprint density at radius 2 is 1.09 bits per heavy atom. The maximum atomic E-state index is 14.0. The fourth-order valence-electron chi connectivity index (χ4n) is 2.77. The summed E-state index contributed by atoms with van der Waals surface area (Å²) in [6, 6.07) is 4.73. The van der Waals surface area contributed by atoms with Crippen molar-refractivity contribution < 1.29 is 62.2 Å². The highest BCUT2D eigenvalue weighted by Gasteiger charge is 2.90. The van der Waals surface area contributed by atoms with Crippen LogP contribution in [0.3, 0.4) is 0 Å². The molecule has 0 aliphatic carbocycles. The molecule has 0 heterocycles. The first-order valence-electron chi connectivity index (χ1n) is 8.82. The lowest BCUT2D eigenvalue weighted by Gasteiger charge is -2.40. The SMILES string of the molecule is CCC(C)c1ccccc1C(O)CC(F)(F)C(F)(F)C(F)(F)C(F)(F)C(F)(F)C(F)(F)F. The second kappa shape index (κ2) is 8.56. The zero-order chi connectivity index (χ0) is 25.6. The Kier molecular flexibility index (Phi) is 7.57. The number of benzene rings is 1. The van der Waals surface area contributed by atoms with E-state index in [9.17, 15) is 62.2 Å². The number of rotatable bonds is 9. The number of aliphatic hydroxyl groups is 1. The summed E-state index contributed by atoms with van der Waals surface area (Å²) in [7, 11) is 0. The van der Waals surface area contributed by atoms with Gasteiger partial charge in [-0.15, -0.1) is 0 Å². The standard InChI is InChI=1S/C18H17F13O/c1-3-9(2)10-6-4-5-7-11(10)12(32)8-13(19,20)14(21,22)15(23,24)16(25,26)17(27,28)18(29,30)31/h4-7,9,12,32H,3,8H2,1-2H3. The predicted molar refractivity (Wildman–Crippen MR) is 85.5 cm³/mol. The fraction of sp³-hybridized carbons (Fsp3) is 0.667. The van der Waals surface area contributed by atoms with E-state index >= 15 is 0 Å². The smallest absolute Gasteiger partial charge is 0.388 e. The highest BCUT2D eigenvalue weighted by Crippen LogP contribution is 2.61. The molecule has 0 aliphatic heterocycles. The monoisotopic (exact) mass is 496 g/mol. The minimum Gasteiger partial charge on any atom is -0.388 e. The van der Waals surface area contributed by atoms with Crippen molar-refractivity contribution in [2.24, 2.45) is 0 Å². The molecule has 1 aromatic rings. The van der Waals surface area contributed by atoms with Crippen molar-refractivity contribution in [3.63, 3.8) is 0 Å². The van der Waals surface area contributed by atoms with Gasteiger partial charge in [-0.3, -0.25) is 0 Å². The van der Waals surface area contributed by atoms with Crippen molar-refractivity contribution in [2.75, 3.05) is 0 Å². The van der Waals surface area contributed by atoms with Gasteiger partial charge in [0, 0.05) is 6.42 Å². The Morgan fingerprint density at radius 1 is 0.688 bits per heavy atom. The minimum atomic E-state index is -7.95. The molecule has 14 heteroatoms. The second-order valence-corrected chi connectivity index (χ2v) is 7.16. The fourth-order valence-corrected chi connectivity index (χ4v) is 2.77. The van der Waals surface area contributed by atoms with Crippen molar-refractivity contribution in [2.45, 2.75) is 74.5 Å². The molecule has 32 heavy (non-hydrogen) atoms. The van der Waals surface area contributed by atoms with Crippen molar-refractivity contribution in [1.82, 2.24) is 0 Å². The van der Waals surface area contributed by atoms with Crippen molar-refractivity contribution in [3.8, 4) is 0 Å². The van der Waals surface area contributed by atoms with Gasteiger partial charge in [0.1, 0.15) is 0 Å². The molecule has 0 aliphatic rings. The van der Waals surface area contributed by atoms with Crippen LogP contribution < -0.4 is 0 Å². The van der Waals surface area contributed by atoms with E-state index in [-0.39, 0.29) is 5.56 Å². The van der Waals surface area contributed by atoms with E-state index in [1.54, 1.807) is 6.92 Å². The van der Waals surface area contributed by atoms with Crippen LogP contribution in [-0.4, -0.2) is 40.9 Å². The molecule has 0 radical (unpaired) electrons. The molecule has 1 N–H and O–H groups in total. The molecule has 1 aromatic carbocycles. The van der Waals surface area contributed by atoms with Crippen LogP contribution in [0.25, 0.3) is 0 Å². The van der Waals surface area contributed by atoms with Crippen LogP contribution in [0.1, 0.15) is 49.8 Å². The van der Waals surface area contributed by atoms with E-state index < -0.39 is 59.8 Å². The lowest BCUT2D eigenvalue weighted by molar-refractivity contribution is -0.440. The maximum absolute atomic E-state index is 14.0. The molecule has 0 spiro atoms. The molecule has 0 saturated carbocycles. The zero-order valence-electron chi connectivity index (χ0n) is 16.2. The molecule has 0 saturated heterocycles. The van der Waals surface area contributed by atoms with E-state index in [1.165, 1.54) is 19.1 Å². The van der Waals surface area contributed by atoms with Crippen molar-refractivity contribution >= 4 is 0 Å². The largest absolute Gasteiger partial charge is 0.460 e. The Balaban J connectivity index is 3.41. The van der Waals surface area contributed by atoms with Gasteiger partial charge in [-0.1, -0.05) is 38.1 Å². The summed E-state index contributed by atoms with van der Waals surface area (Å²) >= 11 is 0. The Labute approximate surface area is 173 Å². The average molecular weight is 496 g/mol. The van der Waals surface area contributed by atoms with Gasteiger partial charge in [-0.25, -0.2) is 0 Å². The van der Waals surface area contributed by atoms with Crippen LogP contribution >= 0.6 is 0 Å². The van der Waals surface area contributed by atoms with E-state index in [1.807, 2.05) is 0 Å². The van der Waals surface area contributed by atoms with Gasteiger partial charge in [0.15, 0.2) is 0 Å². The second-order valence-electron chi connectivity index (χ2n) is 7.16. The average Bonchev–Trinajstić information content (AvgIpc) is 2.65. The number of alkyl halides is 13. The van der Waals surface area contributed by atoms with E-state index in [0.29, 0.717) is 6.42 Å². The Bertz CT molecular complexity index is 785. The third-order valence-corrected chi connectivity index (χ3v) is 4.95. The summed E-state index contributed by atoms with van der Waals surface area (Å²) in [5, 5.41) is 9.93. The van der Waals surface area contributed by atoms with Gasteiger partial charge in [0.2, 0.25) is 0 Å². The molecule has 2 atom stereocenters.